The van der Waals surface area contributed by atoms with Crippen molar-refractivity contribution in [1.82, 2.24) is 4.90 Å². The molecule has 10 heteroatoms. The number of nitrogens with zero attached hydrogens (tertiary/aromatic N) is 1. The first-order chi connectivity index (χ1) is 19.7. The molecule has 3 aliphatic rings. The molecule has 0 aromatic heterocycles. The summed E-state index contributed by atoms with van der Waals surface area (Å²) in [6.07, 6.45) is 1.62. The third-order valence-corrected chi connectivity index (χ3v) is 12.1. The molecule has 6 rings (SSSR count). The largest absolute Gasteiger partial charge is 0.489 e. The van der Waals surface area contributed by atoms with E-state index in [-0.39, 0.29) is 37.3 Å². The molecule has 0 radical (unpaired) electrons. The number of rotatable bonds is 6. The summed E-state index contributed by atoms with van der Waals surface area (Å²) in [5, 5.41) is 12.3. The van der Waals surface area contributed by atoms with Crippen LogP contribution in [0.5, 0.6) is 5.75 Å². The summed E-state index contributed by atoms with van der Waals surface area (Å²) in [5.74, 6) is 0.170. The van der Waals surface area contributed by atoms with Crippen LogP contribution < -0.4 is 4.74 Å². The summed E-state index contributed by atoms with van der Waals surface area (Å²) in [6.45, 7) is 0.984. The van der Waals surface area contributed by atoms with Crippen molar-refractivity contribution < 1.29 is 27.8 Å². The molecular formula is C31H31Cl2NO6S. The zero-order valence-electron chi connectivity index (χ0n) is 22.4. The number of carbonyl (C=O) groups excluding carboxylic acids is 1. The first-order valence-corrected chi connectivity index (χ1v) is 16.0. The Bertz CT molecular complexity index is 1550. The lowest BCUT2D eigenvalue weighted by molar-refractivity contribution is -0.162. The Morgan fingerprint density at radius 2 is 1.71 bits per heavy atom. The lowest BCUT2D eigenvalue weighted by Gasteiger charge is -2.44. The molecule has 0 spiro atoms. The summed E-state index contributed by atoms with van der Waals surface area (Å²) in [5.41, 5.74) is 0.660. The number of hydrogen-bond donors (Lipinski definition) is 1. The van der Waals surface area contributed by atoms with Crippen molar-refractivity contribution >= 4 is 38.9 Å². The lowest BCUT2D eigenvalue weighted by Crippen LogP contribution is -2.57. The number of aryl methyl sites for hydroxylation is 1. The maximum atomic E-state index is 14.6. The standard InChI is InChI=1S/C31H31Cl2NO6S/c32-26-7-4-8-27(33)24(26)20-40-22-10-11-25-21(19-22)9-12-28-31(25,41(37,38)23-5-2-1-3-6-23)13-16-34(28)29(35)30(36)14-17-39-18-15-30/h1-8,10-11,19,28,36H,9,12-18,20H2/t28-,31-/m1/s1. The van der Waals surface area contributed by atoms with Gasteiger partial charge in [-0.05, 0) is 66.8 Å². The SMILES string of the molecule is O=C(N1CC[C@@]2(S(=O)(=O)c3ccccc3)c3ccc(OCc4c(Cl)cccc4Cl)cc3CC[C@@H]12)C1(O)CCOCC1. The van der Waals surface area contributed by atoms with Gasteiger partial charge in [0.15, 0.2) is 9.84 Å². The molecular weight excluding hydrogens is 585 g/mol. The second-order valence-electron chi connectivity index (χ2n) is 11.0. The van der Waals surface area contributed by atoms with Gasteiger partial charge in [-0.25, -0.2) is 8.42 Å². The predicted molar refractivity (Wildman–Crippen MR) is 156 cm³/mol. The normalized spacial score (nSPS) is 23.5. The van der Waals surface area contributed by atoms with Gasteiger partial charge >= 0.3 is 0 Å². The zero-order chi connectivity index (χ0) is 28.8. The van der Waals surface area contributed by atoms with Crippen LogP contribution >= 0.6 is 23.2 Å². The molecule has 2 heterocycles. The average Bonchev–Trinajstić information content (AvgIpc) is 3.39. The maximum Gasteiger partial charge on any atom is 0.255 e. The van der Waals surface area contributed by atoms with Gasteiger partial charge in [0, 0.05) is 48.2 Å². The first kappa shape index (κ1) is 28.5. The molecule has 3 aromatic carbocycles. The fraction of sp³-hybridized carbons (Fsp3) is 0.387. The summed E-state index contributed by atoms with van der Waals surface area (Å²) >= 11 is 12.6. The number of sulfone groups is 1. The Morgan fingerprint density at radius 3 is 2.41 bits per heavy atom. The van der Waals surface area contributed by atoms with Crippen molar-refractivity contribution in [3.63, 3.8) is 0 Å². The van der Waals surface area contributed by atoms with E-state index in [9.17, 15) is 18.3 Å². The molecule has 0 unspecified atom stereocenters. The Labute approximate surface area is 249 Å². The molecule has 3 aromatic rings. The van der Waals surface area contributed by atoms with Crippen molar-refractivity contribution in [2.75, 3.05) is 19.8 Å². The minimum absolute atomic E-state index is 0.165. The molecule has 2 atom stereocenters. The quantitative estimate of drug-likeness (QED) is 0.403. The molecule has 7 nitrogen and oxygen atoms in total. The van der Waals surface area contributed by atoms with Crippen molar-refractivity contribution in [3.05, 3.63) is 93.5 Å². The molecule has 0 bridgehead atoms. The Hall–Kier alpha value is -2.62. The van der Waals surface area contributed by atoms with E-state index < -0.39 is 32.1 Å². The predicted octanol–water partition coefficient (Wildman–Crippen LogP) is 5.33. The van der Waals surface area contributed by atoms with Crippen LogP contribution in [0.3, 0.4) is 0 Å². The van der Waals surface area contributed by atoms with E-state index in [4.69, 9.17) is 32.7 Å². The smallest absolute Gasteiger partial charge is 0.255 e. The molecule has 2 saturated heterocycles. The Kier molecular flexibility index (Phi) is 7.57. The van der Waals surface area contributed by atoms with E-state index in [1.54, 1.807) is 59.5 Å². The van der Waals surface area contributed by atoms with Crippen molar-refractivity contribution in [2.45, 2.75) is 60.0 Å². The van der Waals surface area contributed by atoms with Gasteiger partial charge in [0.05, 0.1) is 10.9 Å². The molecule has 1 amide bonds. The maximum absolute atomic E-state index is 14.6. The van der Waals surface area contributed by atoms with E-state index in [0.717, 1.165) is 5.56 Å². The summed E-state index contributed by atoms with van der Waals surface area (Å²) in [6, 6.07) is 18.5. The van der Waals surface area contributed by atoms with E-state index >= 15 is 0 Å². The highest BCUT2D eigenvalue weighted by molar-refractivity contribution is 7.92. The highest BCUT2D eigenvalue weighted by Gasteiger charge is 2.62. The van der Waals surface area contributed by atoms with Crippen LogP contribution in [-0.2, 0) is 37.1 Å². The van der Waals surface area contributed by atoms with Crippen LogP contribution in [0.1, 0.15) is 42.4 Å². The second kappa shape index (κ2) is 10.9. The van der Waals surface area contributed by atoms with E-state index in [2.05, 4.69) is 0 Å². The van der Waals surface area contributed by atoms with Crippen LogP contribution in [-0.4, -0.2) is 55.7 Å². The molecule has 0 saturated carbocycles. The van der Waals surface area contributed by atoms with Crippen molar-refractivity contribution in [1.29, 1.82) is 0 Å². The van der Waals surface area contributed by atoms with Crippen LogP contribution in [0, 0.1) is 0 Å². The van der Waals surface area contributed by atoms with Crippen LogP contribution in [0.2, 0.25) is 10.0 Å². The topological polar surface area (TPSA) is 93.1 Å². The molecule has 1 N–H and O–H groups in total. The number of likely N-dealkylation sites (tertiary alicyclic amines) is 1. The molecule has 2 aliphatic heterocycles. The van der Waals surface area contributed by atoms with E-state index in [1.165, 1.54) is 0 Å². The number of fused-ring (bicyclic) bond motifs is 3. The second-order valence-corrected chi connectivity index (χ2v) is 14.0. The van der Waals surface area contributed by atoms with Gasteiger partial charge in [-0.1, -0.05) is 53.5 Å². The number of benzene rings is 3. The fourth-order valence-electron chi connectivity index (χ4n) is 6.66. The number of ether oxygens (including phenoxy) is 2. The Morgan fingerprint density at radius 1 is 1.00 bits per heavy atom. The van der Waals surface area contributed by atoms with Crippen molar-refractivity contribution in [2.24, 2.45) is 0 Å². The van der Waals surface area contributed by atoms with Gasteiger partial charge in [-0.15, -0.1) is 0 Å². The molecule has 2 fully saturated rings. The van der Waals surface area contributed by atoms with Gasteiger partial charge in [0.1, 0.15) is 22.7 Å². The third-order valence-electron chi connectivity index (χ3n) is 8.82. The number of hydrogen-bond acceptors (Lipinski definition) is 6. The molecule has 216 valence electrons. The van der Waals surface area contributed by atoms with Gasteiger partial charge in [-0.3, -0.25) is 4.79 Å². The molecule has 41 heavy (non-hydrogen) atoms. The fourth-order valence-corrected chi connectivity index (χ4v) is 9.56. The minimum atomic E-state index is -3.95. The van der Waals surface area contributed by atoms with Crippen molar-refractivity contribution in [3.8, 4) is 5.75 Å². The number of aliphatic hydroxyl groups is 1. The van der Waals surface area contributed by atoms with E-state index in [1.807, 2.05) is 12.1 Å². The van der Waals surface area contributed by atoms with Crippen LogP contribution in [0.15, 0.2) is 71.6 Å². The van der Waals surface area contributed by atoms with Crippen LogP contribution in [0.4, 0.5) is 0 Å². The summed E-state index contributed by atoms with van der Waals surface area (Å²) in [4.78, 5) is 15.6. The van der Waals surface area contributed by atoms with Gasteiger partial charge in [-0.2, -0.15) is 0 Å². The highest BCUT2D eigenvalue weighted by Crippen LogP contribution is 2.53. The summed E-state index contributed by atoms with van der Waals surface area (Å²) in [7, 11) is -3.95. The number of amides is 1. The minimum Gasteiger partial charge on any atom is -0.489 e. The van der Waals surface area contributed by atoms with Gasteiger partial charge < -0.3 is 19.5 Å². The zero-order valence-corrected chi connectivity index (χ0v) is 24.7. The van der Waals surface area contributed by atoms with Gasteiger partial charge in [0.2, 0.25) is 0 Å². The number of carbonyl (C=O) groups is 1. The molecule has 1 aliphatic carbocycles. The average molecular weight is 617 g/mol. The number of halogens is 2. The summed E-state index contributed by atoms with van der Waals surface area (Å²) < 4.78 is 39.2. The lowest BCUT2D eigenvalue weighted by atomic mass is 9.78. The third kappa shape index (κ3) is 4.74. The first-order valence-electron chi connectivity index (χ1n) is 13.8. The monoisotopic (exact) mass is 615 g/mol. The highest BCUT2D eigenvalue weighted by atomic mass is 35.5. The van der Waals surface area contributed by atoms with E-state index in [0.29, 0.717) is 53.0 Å². The van der Waals surface area contributed by atoms with Gasteiger partial charge in [0.25, 0.3) is 5.91 Å². The van der Waals surface area contributed by atoms with Crippen LogP contribution in [0.25, 0.3) is 0 Å². The Balaban J connectivity index is 1.39.